The van der Waals surface area contributed by atoms with Gasteiger partial charge in [-0.15, -0.1) is 0 Å². The first-order valence-corrected chi connectivity index (χ1v) is 10.2. The number of fused-ring (bicyclic) bond motifs is 1. The first-order chi connectivity index (χ1) is 14.1. The minimum atomic E-state index is -0.455. The highest BCUT2D eigenvalue weighted by atomic mass is 16.5. The monoisotopic (exact) mass is 387 g/mol. The molecule has 4 nitrogen and oxygen atoms in total. The lowest BCUT2D eigenvalue weighted by atomic mass is 10.0. The Bertz CT molecular complexity index is 1050. The van der Waals surface area contributed by atoms with Gasteiger partial charge in [0.1, 0.15) is 5.75 Å². The third kappa shape index (κ3) is 3.75. The van der Waals surface area contributed by atoms with Crippen molar-refractivity contribution in [3.63, 3.8) is 0 Å². The number of hydrogen-bond acceptors (Lipinski definition) is 3. The van der Waals surface area contributed by atoms with Gasteiger partial charge in [0, 0.05) is 18.7 Å². The summed E-state index contributed by atoms with van der Waals surface area (Å²) in [6.07, 6.45) is 1.88. The van der Waals surface area contributed by atoms with Crippen molar-refractivity contribution in [3.8, 4) is 5.75 Å². The molecule has 0 N–H and O–H groups in total. The molecular weight excluding hydrogens is 362 g/mol. The first-order valence-electron chi connectivity index (χ1n) is 10.2. The van der Waals surface area contributed by atoms with Gasteiger partial charge >= 0.3 is 5.97 Å². The van der Waals surface area contributed by atoms with E-state index in [1.54, 1.807) is 11.0 Å². The summed E-state index contributed by atoms with van der Waals surface area (Å²) < 4.78 is 5.63. The van der Waals surface area contributed by atoms with Crippen LogP contribution in [0.15, 0.2) is 60.7 Å². The summed E-state index contributed by atoms with van der Waals surface area (Å²) in [6, 6.07) is 19.7. The second kappa shape index (κ2) is 8.08. The van der Waals surface area contributed by atoms with E-state index in [0.29, 0.717) is 12.3 Å². The first kappa shape index (κ1) is 19.2. The molecule has 1 aliphatic heterocycles. The molecule has 0 unspecified atom stereocenters. The molecule has 0 aliphatic carbocycles. The molecule has 29 heavy (non-hydrogen) atoms. The number of aryl methyl sites for hydroxylation is 2. The number of hydrogen-bond donors (Lipinski definition) is 0. The van der Waals surface area contributed by atoms with Crippen molar-refractivity contribution in [2.45, 2.75) is 33.1 Å². The van der Waals surface area contributed by atoms with E-state index in [1.165, 1.54) is 0 Å². The molecule has 1 fully saturated rings. The van der Waals surface area contributed by atoms with E-state index in [0.717, 1.165) is 40.4 Å². The quantitative estimate of drug-likeness (QED) is 0.461. The van der Waals surface area contributed by atoms with Crippen LogP contribution in [0.25, 0.3) is 10.8 Å². The van der Waals surface area contributed by atoms with Gasteiger partial charge in [-0.2, -0.15) is 0 Å². The van der Waals surface area contributed by atoms with E-state index >= 15 is 0 Å². The Balaban J connectivity index is 1.54. The molecule has 3 aromatic rings. The maximum absolute atomic E-state index is 12.8. The number of esters is 1. The van der Waals surface area contributed by atoms with E-state index in [4.69, 9.17) is 4.74 Å². The highest BCUT2D eigenvalue weighted by molar-refractivity contribution is 6.01. The minimum Gasteiger partial charge on any atom is -0.426 e. The van der Waals surface area contributed by atoms with Crippen molar-refractivity contribution in [1.82, 2.24) is 0 Å². The lowest BCUT2D eigenvalue weighted by molar-refractivity contribution is -0.139. The molecule has 0 saturated carbocycles. The van der Waals surface area contributed by atoms with Crippen molar-refractivity contribution in [2.75, 3.05) is 11.4 Å². The Hall–Kier alpha value is -3.14. The Morgan fingerprint density at radius 3 is 2.34 bits per heavy atom. The molecule has 1 heterocycles. The second-order valence-electron chi connectivity index (χ2n) is 7.47. The number of carbonyl (C=O) groups is 2. The highest BCUT2D eigenvalue weighted by Crippen LogP contribution is 2.33. The van der Waals surface area contributed by atoms with Crippen LogP contribution in [0.2, 0.25) is 0 Å². The van der Waals surface area contributed by atoms with Crippen molar-refractivity contribution in [2.24, 2.45) is 5.92 Å². The van der Waals surface area contributed by atoms with Crippen LogP contribution in [0.5, 0.6) is 5.75 Å². The SMILES string of the molecule is CCc1cccc(CC)c1N1C[C@H](C(=O)Oc2ccc3ccccc3c2)CC1=O. The van der Waals surface area contributed by atoms with Crippen molar-refractivity contribution < 1.29 is 14.3 Å². The van der Waals surface area contributed by atoms with Gasteiger partial charge in [-0.1, -0.05) is 62.4 Å². The summed E-state index contributed by atoms with van der Waals surface area (Å²) in [7, 11) is 0. The largest absolute Gasteiger partial charge is 0.426 e. The Labute approximate surface area is 171 Å². The predicted octanol–water partition coefficient (Wildman–Crippen LogP) is 4.92. The van der Waals surface area contributed by atoms with Gasteiger partial charge in [0.15, 0.2) is 0 Å². The minimum absolute atomic E-state index is 0.0129. The molecule has 0 bridgehead atoms. The number of nitrogens with zero attached hydrogens (tertiary/aromatic N) is 1. The number of anilines is 1. The number of rotatable bonds is 5. The van der Waals surface area contributed by atoms with Crippen molar-refractivity contribution >= 4 is 28.3 Å². The summed E-state index contributed by atoms with van der Waals surface area (Å²) in [6.45, 7) is 4.55. The number of amides is 1. The fraction of sp³-hybridized carbons (Fsp3) is 0.280. The zero-order valence-electron chi connectivity index (χ0n) is 16.9. The van der Waals surface area contributed by atoms with E-state index in [-0.39, 0.29) is 18.3 Å². The third-order valence-electron chi connectivity index (χ3n) is 5.63. The second-order valence-corrected chi connectivity index (χ2v) is 7.47. The lowest BCUT2D eigenvalue weighted by Crippen LogP contribution is -2.29. The number of ether oxygens (including phenoxy) is 1. The van der Waals surface area contributed by atoms with Crippen LogP contribution >= 0.6 is 0 Å². The fourth-order valence-electron chi connectivity index (χ4n) is 4.07. The average Bonchev–Trinajstić information content (AvgIpc) is 3.14. The van der Waals surface area contributed by atoms with Gasteiger partial charge in [-0.05, 0) is 46.9 Å². The van der Waals surface area contributed by atoms with Gasteiger partial charge in [-0.3, -0.25) is 9.59 Å². The van der Waals surface area contributed by atoms with Crippen LogP contribution in [0.4, 0.5) is 5.69 Å². The van der Waals surface area contributed by atoms with Gasteiger partial charge in [0.2, 0.25) is 5.91 Å². The molecule has 4 heteroatoms. The van der Waals surface area contributed by atoms with Crippen molar-refractivity contribution in [3.05, 3.63) is 71.8 Å². The molecule has 1 aliphatic rings. The van der Waals surface area contributed by atoms with Crippen LogP contribution in [0.1, 0.15) is 31.4 Å². The Morgan fingerprint density at radius 2 is 1.66 bits per heavy atom. The van der Waals surface area contributed by atoms with Gasteiger partial charge in [-0.25, -0.2) is 0 Å². The van der Waals surface area contributed by atoms with Crippen LogP contribution < -0.4 is 9.64 Å². The molecule has 0 spiro atoms. The van der Waals surface area contributed by atoms with Crippen LogP contribution in [0, 0.1) is 5.92 Å². The highest BCUT2D eigenvalue weighted by Gasteiger charge is 2.37. The molecule has 4 rings (SSSR count). The molecule has 0 radical (unpaired) electrons. The zero-order chi connectivity index (χ0) is 20.4. The Morgan fingerprint density at radius 1 is 0.966 bits per heavy atom. The summed E-state index contributed by atoms with van der Waals surface area (Å²) in [4.78, 5) is 27.3. The maximum Gasteiger partial charge on any atom is 0.316 e. The molecule has 1 saturated heterocycles. The predicted molar refractivity (Wildman–Crippen MR) is 115 cm³/mol. The molecule has 1 atom stereocenters. The van der Waals surface area contributed by atoms with E-state index in [2.05, 4.69) is 26.0 Å². The average molecular weight is 387 g/mol. The molecule has 3 aromatic carbocycles. The maximum atomic E-state index is 12.8. The Kier molecular flexibility index (Phi) is 5.34. The summed E-state index contributed by atoms with van der Waals surface area (Å²) in [5, 5.41) is 2.11. The topological polar surface area (TPSA) is 46.6 Å². The van der Waals surface area contributed by atoms with Crippen LogP contribution in [-0.2, 0) is 22.4 Å². The number of para-hydroxylation sites is 1. The molecular formula is C25H25NO3. The van der Waals surface area contributed by atoms with E-state index in [9.17, 15) is 9.59 Å². The normalized spacial score (nSPS) is 16.4. The van der Waals surface area contributed by atoms with E-state index in [1.807, 2.05) is 42.5 Å². The fourth-order valence-corrected chi connectivity index (χ4v) is 4.07. The number of carbonyl (C=O) groups excluding carboxylic acids is 2. The van der Waals surface area contributed by atoms with Gasteiger partial charge in [0.05, 0.1) is 5.92 Å². The van der Waals surface area contributed by atoms with E-state index < -0.39 is 5.92 Å². The zero-order valence-corrected chi connectivity index (χ0v) is 16.9. The lowest BCUT2D eigenvalue weighted by Gasteiger charge is -2.23. The van der Waals surface area contributed by atoms with Crippen LogP contribution in [-0.4, -0.2) is 18.4 Å². The molecule has 0 aromatic heterocycles. The number of benzene rings is 3. The summed E-state index contributed by atoms with van der Waals surface area (Å²) >= 11 is 0. The standard InChI is InChI=1S/C25H25NO3/c1-3-17-10-7-11-18(4-2)24(17)26-16-21(15-23(26)27)25(28)29-22-13-12-19-8-5-6-9-20(19)14-22/h5-14,21H,3-4,15-16H2,1-2H3/t21-/m1/s1. The molecule has 1 amide bonds. The summed E-state index contributed by atoms with van der Waals surface area (Å²) in [5.41, 5.74) is 3.26. The third-order valence-corrected chi connectivity index (χ3v) is 5.63. The van der Waals surface area contributed by atoms with Gasteiger partial charge < -0.3 is 9.64 Å². The molecule has 148 valence electrons. The summed E-state index contributed by atoms with van der Waals surface area (Å²) in [5.74, 6) is -0.296. The smallest absolute Gasteiger partial charge is 0.316 e. The van der Waals surface area contributed by atoms with Crippen molar-refractivity contribution in [1.29, 1.82) is 0 Å². The van der Waals surface area contributed by atoms with Gasteiger partial charge in [0.25, 0.3) is 0 Å². The van der Waals surface area contributed by atoms with Crippen LogP contribution in [0.3, 0.4) is 0 Å².